The molecule has 1 aromatic rings. The van der Waals surface area contributed by atoms with Gasteiger partial charge < -0.3 is 4.90 Å². The smallest absolute Gasteiger partial charge is 0.236 e. The van der Waals surface area contributed by atoms with Crippen LogP contribution in [0, 0.1) is 0 Å². The van der Waals surface area contributed by atoms with Crippen molar-refractivity contribution in [2.45, 2.75) is 43.0 Å². The Kier molecular flexibility index (Phi) is 4.72. The van der Waals surface area contributed by atoms with Gasteiger partial charge in [-0.3, -0.25) is 14.8 Å². The molecule has 1 atom stereocenters. The molecule has 1 N–H and O–H groups in total. The minimum absolute atomic E-state index is 0.0810. The van der Waals surface area contributed by atoms with Crippen LogP contribution in [0.3, 0.4) is 0 Å². The molecule has 2 fully saturated rings. The largest absolute Gasteiger partial charge is 0.342 e. The van der Waals surface area contributed by atoms with Crippen molar-refractivity contribution in [2.75, 3.05) is 32.4 Å². The maximum Gasteiger partial charge on any atom is 0.236 e. The summed E-state index contributed by atoms with van der Waals surface area (Å²) in [4.78, 5) is 16.7. The summed E-state index contributed by atoms with van der Waals surface area (Å²) in [5.41, 5.74) is 0.626. The summed E-state index contributed by atoms with van der Waals surface area (Å²) in [7, 11) is -3.32. The van der Waals surface area contributed by atoms with E-state index in [-0.39, 0.29) is 16.8 Å². The number of likely N-dealkylation sites (tertiary alicyclic amines) is 2. The fourth-order valence-corrected chi connectivity index (χ4v) is 4.39. The third kappa shape index (κ3) is 3.58. The van der Waals surface area contributed by atoms with E-state index in [1.807, 2.05) is 4.90 Å². The van der Waals surface area contributed by atoms with Crippen LogP contribution in [0.5, 0.6) is 0 Å². The predicted octanol–water partition coefficient (Wildman–Crippen LogP) is 0.963. The number of sulfone groups is 1. The van der Waals surface area contributed by atoms with Crippen molar-refractivity contribution >= 4 is 15.7 Å². The van der Waals surface area contributed by atoms with Gasteiger partial charge in [0, 0.05) is 19.3 Å². The number of nitrogens with zero attached hydrogens (tertiary/aromatic N) is 3. The summed E-state index contributed by atoms with van der Waals surface area (Å²) in [6.07, 6.45) is 7.64. The topological polar surface area (TPSA) is 86.4 Å². The average Bonchev–Trinajstić information content (AvgIpc) is 3.19. The predicted molar refractivity (Wildman–Crippen MR) is 85.7 cm³/mol. The number of aromatic amines is 1. The first-order chi connectivity index (χ1) is 11.0. The van der Waals surface area contributed by atoms with Crippen LogP contribution >= 0.6 is 0 Å². The highest BCUT2D eigenvalue weighted by atomic mass is 32.2. The molecule has 2 aliphatic heterocycles. The van der Waals surface area contributed by atoms with Crippen molar-refractivity contribution in [3.8, 4) is 0 Å². The molecule has 0 bridgehead atoms. The van der Waals surface area contributed by atoms with Gasteiger partial charge in [0.05, 0.1) is 24.5 Å². The molecular weight excluding hydrogens is 316 g/mol. The number of aromatic nitrogens is 2. The zero-order chi connectivity index (χ0) is 16.4. The van der Waals surface area contributed by atoms with Crippen LogP contribution in [0.25, 0.3) is 0 Å². The van der Waals surface area contributed by atoms with Gasteiger partial charge in [-0.1, -0.05) is 6.42 Å². The first-order valence-electron chi connectivity index (χ1n) is 8.22. The minimum atomic E-state index is -3.32. The number of rotatable bonds is 4. The molecule has 2 aliphatic rings. The number of nitrogens with one attached hydrogen (secondary N) is 1. The molecular formula is C15H24N4O3S. The summed E-state index contributed by atoms with van der Waals surface area (Å²) in [6, 6.07) is -0.0810. The molecule has 8 heteroatoms. The van der Waals surface area contributed by atoms with Gasteiger partial charge in [0.1, 0.15) is 4.90 Å². The molecule has 128 valence electrons. The lowest BCUT2D eigenvalue weighted by Gasteiger charge is -2.35. The Morgan fingerprint density at radius 1 is 1.26 bits per heavy atom. The molecule has 1 aromatic heterocycles. The number of carbonyl (C=O) groups is 1. The number of H-pyrrole nitrogens is 1. The van der Waals surface area contributed by atoms with E-state index in [9.17, 15) is 13.2 Å². The van der Waals surface area contributed by atoms with E-state index >= 15 is 0 Å². The van der Waals surface area contributed by atoms with E-state index in [0.29, 0.717) is 12.2 Å². The van der Waals surface area contributed by atoms with Crippen LogP contribution in [0.1, 0.15) is 43.8 Å². The molecule has 7 nitrogen and oxygen atoms in total. The fraction of sp³-hybridized carbons (Fsp3) is 0.733. The van der Waals surface area contributed by atoms with Crippen molar-refractivity contribution in [1.29, 1.82) is 0 Å². The van der Waals surface area contributed by atoms with E-state index < -0.39 is 9.84 Å². The monoisotopic (exact) mass is 340 g/mol. The highest BCUT2D eigenvalue weighted by molar-refractivity contribution is 7.90. The van der Waals surface area contributed by atoms with Crippen molar-refractivity contribution in [3.63, 3.8) is 0 Å². The SMILES string of the molecule is CS(=O)(=O)c1cn[nH]c1[C@H]1CCCCN1CC(=O)N1CCCC1. The summed E-state index contributed by atoms with van der Waals surface area (Å²) in [6.45, 7) is 2.85. The van der Waals surface area contributed by atoms with Crippen molar-refractivity contribution in [3.05, 3.63) is 11.9 Å². The molecule has 3 heterocycles. The number of hydrogen-bond donors (Lipinski definition) is 1. The molecule has 0 saturated carbocycles. The maximum absolute atomic E-state index is 12.5. The molecule has 0 spiro atoms. The number of hydrogen-bond acceptors (Lipinski definition) is 5. The highest BCUT2D eigenvalue weighted by Gasteiger charge is 2.32. The van der Waals surface area contributed by atoms with Crippen LogP contribution < -0.4 is 0 Å². The molecule has 0 aromatic carbocycles. The van der Waals surface area contributed by atoms with Crippen LogP contribution in [0.4, 0.5) is 0 Å². The van der Waals surface area contributed by atoms with Gasteiger partial charge in [0.15, 0.2) is 9.84 Å². The van der Waals surface area contributed by atoms with Gasteiger partial charge in [-0.15, -0.1) is 0 Å². The zero-order valence-corrected chi connectivity index (χ0v) is 14.3. The van der Waals surface area contributed by atoms with E-state index in [0.717, 1.165) is 51.7 Å². The maximum atomic E-state index is 12.5. The summed E-state index contributed by atoms with van der Waals surface area (Å²) in [5.74, 6) is 0.148. The summed E-state index contributed by atoms with van der Waals surface area (Å²) in [5, 5.41) is 6.79. The van der Waals surface area contributed by atoms with Gasteiger partial charge in [0.2, 0.25) is 5.91 Å². The molecule has 2 saturated heterocycles. The van der Waals surface area contributed by atoms with E-state index in [1.165, 1.54) is 12.5 Å². The molecule has 0 aliphatic carbocycles. The minimum Gasteiger partial charge on any atom is -0.342 e. The number of carbonyl (C=O) groups excluding carboxylic acids is 1. The molecule has 1 amide bonds. The fourth-order valence-electron chi connectivity index (χ4n) is 3.57. The number of amides is 1. The first-order valence-corrected chi connectivity index (χ1v) is 10.1. The number of piperidine rings is 1. The Hall–Kier alpha value is -1.41. The normalized spacial score (nSPS) is 23.3. The lowest BCUT2D eigenvalue weighted by atomic mass is 9.99. The van der Waals surface area contributed by atoms with Crippen molar-refractivity contribution in [2.24, 2.45) is 0 Å². The van der Waals surface area contributed by atoms with E-state index in [4.69, 9.17) is 0 Å². The third-order valence-electron chi connectivity index (χ3n) is 4.78. The molecule has 3 rings (SSSR count). The lowest BCUT2D eigenvalue weighted by molar-refractivity contribution is -0.132. The van der Waals surface area contributed by atoms with Gasteiger partial charge >= 0.3 is 0 Å². The third-order valence-corrected chi connectivity index (χ3v) is 5.90. The standard InChI is InChI=1S/C15H24N4O3S/c1-23(21,22)13-10-16-17-15(13)12-6-2-3-9-19(12)11-14(20)18-7-4-5-8-18/h10,12H,2-9,11H2,1H3,(H,16,17)/t12-/m1/s1. The van der Waals surface area contributed by atoms with Gasteiger partial charge in [0.25, 0.3) is 0 Å². The van der Waals surface area contributed by atoms with Crippen LogP contribution in [0.2, 0.25) is 0 Å². The van der Waals surface area contributed by atoms with Crippen molar-refractivity contribution < 1.29 is 13.2 Å². The van der Waals surface area contributed by atoms with E-state index in [2.05, 4.69) is 15.1 Å². The van der Waals surface area contributed by atoms with Crippen LogP contribution in [0.15, 0.2) is 11.1 Å². The highest BCUT2D eigenvalue weighted by Crippen LogP contribution is 2.33. The average molecular weight is 340 g/mol. The molecule has 0 radical (unpaired) electrons. The van der Waals surface area contributed by atoms with Crippen LogP contribution in [-0.4, -0.2) is 66.8 Å². The Labute approximate surface area is 137 Å². The Morgan fingerprint density at radius 2 is 1.96 bits per heavy atom. The second kappa shape index (κ2) is 6.60. The second-order valence-electron chi connectivity index (χ2n) is 6.49. The summed E-state index contributed by atoms with van der Waals surface area (Å²) < 4.78 is 23.9. The quantitative estimate of drug-likeness (QED) is 0.882. The lowest BCUT2D eigenvalue weighted by Crippen LogP contribution is -2.43. The van der Waals surface area contributed by atoms with E-state index in [1.54, 1.807) is 0 Å². The van der Waals surface area contributed by atoms with Crippen LogP contribution in [-0.2, 0) is 14.6 Å². The molecule has 23 heavy (non-hydrogen) atoms. The Morgan fingerprint density at radius 3 is 2.65 bits per heavy atom. The van der Waals surface area contributed by atoms with Gasteiger partial charge in [-0.05, 0) is 32.2 Å². The first kappa shape index (κ1) is 16.4. The summed E-state index contributed by atoms with van der Waals surface area (Å²) >= 11 is 0. The van der Waals surface area contributed by atoms with Gasteiger partial charge in [-0.25, -0.2) is 8.42 Å². The van der Waals surface area contributed by atoms with Gasteiger partial charge in [-0.2, -0.15) is 5.10 Å². The Balaban J connectivity index is 1.79. The Bertz CT molecular complexity index is 664. The zero-order valence-electron chi connectivity index (χ0n) is 13.5. The second-order valence-corrected chi connectivity index (χ2v) is 8.47. The van der Waals surface area contributed by atoms with Crippen molar-refractivity contribution in [1.82, 2.24) is 20.0 Å². The molecule has 0 unspecified atom stereocenters.